The first-order chi connectivity index (χ1) is 7.54. The monoisotopic (exact) mass is 282 g/mol. The van der Waals surface area contributed by atoms with Crippen molar-refractivity contribution in [3.8, 4) is 0 Å². The quantitative estimate of drug-likeness (QED) is 0.521. The Bertz CT molecular complexity index is 292. The van der Waals surface area contributed by atoms with E-state index >= 15 is 0 Å². The summed E-state index contributed by atoms with van der Waals surface area (Å²) in [6.45, 7) is 6.79. The molecule has 1 heteroatoms. The highest BCUT2D eigenvalue weighted by atomic mass is 79.9. The van der Waals surface area contributed by atoms with E-state index in [2.05, 4.69) is 61.0 Å². The zero-order valence-electron chi connectivity index (χ0n) is 10.7. The van der Waals surface area contributed by atoms with Gasteiger partial charge in [-0.25, -0.2) is 0 Å². The molecule has 0 aliphatic heterocycles. The van der Waals surface area contributed by atoms with Gasteiger partial charge in [-0.1, -0.05) is 67.4 Å². The molecule has 0 saturated heterocycles. The summed E-state index contributed by atoms with van der Waals surface area (Å²) in [4.78, 5) is 0. The van der Waals surface area contributed by atoms with Gasteiger partial charge in [-0.2, -0.15) is 0 Å². The second kappa shape index (κ2) is 6.44. The molecule has 90 valence electrons. The molecule has 0 N–H and O–H groups in total. The van der Waals surface area contributed by atoms with Crippen LogP contribution in [-0.2, 0) is 11.8 Å². The highest BCUT2D eigenvalue weighted by Crippen LogP contribution is 2.22. The van der Waals surface area contributed by atoms with Crippen LogP contribution in [0.25, 0.3) is 0 Å². The Kier molecular flexibility index (Phi) is 5.54. The molecule has 0 spiro atoms. The van der Waals surface area contributed by atoms with E-state index in [1.165, 1.54) is 36.8 Å². The fourth-order valence-corrected chi connectivity index (χ4v) is 2.17. The maximum Gasteiger partial charge on any atom is 0.00313 e. The van der Waals surface area contributed by atoms with Crippen molar-refractivity contribution in [1.29, 1.82) is 0 Å². The Hall–Kier alpha value is -0.300. The van der Waals surface area contributed by atoms with Gasteiger partial charge < -0.3 is 0 Å². The smallest absolute Gasteiger partial charge is 0.00313 e. The van der Waals surface area contributed by atoms with Crippen molar-refractivity contribution in [2.24, 2.45) is 0 Å². The van der Waals surface area contributed by atoms with Crippen molar-refractivity contribution < 1.29 is 0 Å². The first-order valence-corrected chi connectivity index (χ1v) is 7.31. The third-order valence-corrected chi connectivity index (χ3v) is 3.48. The fourth-order valence-electron chi connectivity index (χ4n) is 1.77. The van der Waals surface area contributed by atoms with Gasteiger partial charge in [0.2, 0.25) is 0 Å². The molecular formula is C15H23Br. The van der Waals surface area contributed by atoms with Crippen molar-refractivity contribution in [1.82, 2.24) is 0 Å². The molecule has 1 rings (SSSR count). The molecule has 1 aromatic rings. The van der Waals surface area contributed by atoms with Gasteiger partial charge in [-0.3, -0.25) is 0 Å². The maximum atomic E-state index is 3.47. The van der Waals surface area contributed by atoms with E-state index in [9.17, 15) is 0 Å². The molecule has 0 unspecified atom stereocenters. The van der Waals surface area contributed by atoms with Gasteiger partial charge in [0.25, 0.3) is 0 Å². The summed E-state index contributed by atoms with van der Waals surface area (Å²) in [5, 5.41) is 1.13. The number of halogens is 1. The van der Waals surface area contributed by atoms with Gasteiger partial charge in [-0.05, 0) is 35.8 Å². The average molecular weight is 283 g/mol. The lowest BCUT2D eigenvalue weighted by molar-refractivity contribution is 0.590. The molecule has 0 atom stereocenters. The maximum absolute atomic E-state index is 3.47. The normalized spacial score (nSPS) is 11.8. The molecule has 0 aromatic heterocycles. The summed E-state index contributed by atoms with van der Waals surface area (Å²) in [6, 6.07) is 9.13. The fraction of sp³-hybridized carbons (Fsp3) is 0.600. The number of aryl methyl sites for hydroxylation is 1. The van der Waals surface area contributed by atoms with Gasteiger partial charge in [0.1, 0.15) is 0 Å². The van der Waals surface area contributed by atoms with E-state index in [1.54, 1.807) is 0 Å². The van der Waals surface area contributed by atoms with Crippen LogP contribution < -0.4 is 0 Å². The molecular weight excluding hydrogens is 260 g/mol. The van der Waals surface area contributed by atoms with Crippen LogP contribution in [0.1, 0.15) is 51.2 Å². The zero-order valence-corrected chi connectivity index (χ0v) is 12.3. The number of unbranched alkanes of at least 4 members (excludes halogenated alkanes) is 2. The summed E-state index contributed by atoms with van der Waals surface area (Å²) >= 11 is 3.47. The lowest BCUT2D eigenvalue weighted by Gasteiger charge is -2.19. The van der Waals surface area contributed by atoms with Crippen molar-refractivity contribution in [2.45, 2.75) is 51.9 Å². The molecule has 0 aliphatic carbocycles. The SMILES string of the molecule is CC(C)(C)c1ccc(CCCCCBr)cc1. The van der Waals surface area contributed by atoms with Crippen LogP contribution in [0.15, 0.2) is 24.3 Å². The summed E-state index contributed by atoms with van der Waals surface area (Å²) < 4.78 is 0. The van der Waals surface area contributed by atoms with E-state index in [1.807, 2.05) is 0 Å². The predicted octanol–water partition coefficient (Wildman–Crippen LogP) is 5.09. The number of hydrogen-bond acceptors (Lipinski definition) is 0. The van der Waals surface area contributed by atoms with Gasteiger partial charge in [-0.15, -0.1) is 0 Å². The van der Waals surface area contributed by atoms with Crippen LogP contribution in [0.5, 0.6) is 0 Å². The number of rotatable bonds is 5. The van der Waals surface area contributed by atoms with Gasteiger partial charge in [0, 0.05) is 5.33 Å². The molecule has 0 saturated carbocycles. The zero-order chi connectivity index (χ0) is 12.0. The van der Waals surface area contributed by atoms with E-state index in [-0.39, 0.29) is 5.41 Å². The first-order valence-electron chi connectivity index (χ1n) is 6.19. The Labute approximate surface area is 109 Å². The molecule has 0 bridgehead atoms. The van der Waals surface area contributed by atoms with Crippen molar-refractivity contribution >= 4 is 15.9 Å². The minimum atomic E-state index is 0.272. The highest BCUT2D eigenvalue weighted by Gasteiger charge is 2.12. The molecule has 1 aromatic carbocycles. The van der Waals surface area contributed by atoms with Gasteiger partial charge >= 0.3 is 0 Å². The van der Waals surface area contributed by atoms with E-state index in [0.717, 1.165) is 5.33 Å². The van der Waals surface area contributed by atoms with E-state index in [0.29, 0.717) is 0 Å². The molecule has 0 heterocycles. The first kappa shape index (κ1) is 13.8. The van der Waals surface area contributed by atoms with Crippen LogP contribution in [-0.4, -0.2) is 5.33 Å². The van der Waals surface area contributed by atoms with E-state index in [4.69, 9.17) is 0 Å². The molecule has 0 amide bonds. The third kappa shape index (κ3) is 4.69. The second-order valence-electron chi connectivity index (χ2n) is 5.45. The van der Waals surface area contributed by atoms with Crippen LogP contribution in [0, 0.1) is 0 Å². The minimum absolute atomic E-state index is 0.272. The Morgan fingerprint density at radius 1 is 0.938 bits per heavy atom. The number of benzene rings is 1. The largest absolute Gasteiger partial charge is 0.0928 e. The third-order valence-electron chi connectivity index (χ3n) is 2.92. The summed E-state index contributed by atoms with van der Waals surface area (Å²) in [5.74, 6) is 0. The van der Waals surface area contributed by atoms with Crippen molar-refractivity contribution in [3.05, 3.63) is 35.4 Å². The molecule has 0 fully saturated rings. The summed E-state index contributed by atoms with van der Waals surface area (Å²) in [5.41, 5.74) is 3.17. The van der Waals surface area contributed by atoms with Crippen LogP contribution >= 0.6 is 15.9 Å². The standard InChI is InChI=1S/C15H23Br/c1-15(2,3)14-10-8-13(9-11-14)7-5-4-6-12-16/h8-11H,4-7,12H2,1-3H3. The molecule has 16 heavy (non-hydrogen) atoms. The van der Waals surface area contributed by atoms with Crippen LogP contribution in [0.4, 0.5) is 0 Å². The molecule has 0 aliphatic rings. The van der Waals surface area contributed by atoms with Crippen molar-refractivity contribution in [3.63, 3.8) is 0 Å². The topological polar surface area (TPSA) is 0 Å². The highest BCUT2D eigenvalue weighted by molar-refractivity contribution is 9.09. The summed E-state index contributed by atoms with van der Waals surface area (Å²) in [6.07, 6.45) is 5.14. The van der Waals surface area contributed by atoms with Gasteiger partial charge in [0.15, 0.2) is 0 Å². The minimum Gasteiger partial charge on any atom is -0.0928 e. The number of alkyl halides is 1. The second-order valence-corrected chi connectivity index (χ2v) is 6.24. The molecule has 0 radical (unpaired) electrons. The Morgan fingerprint density at radius 2 is 1.56 bits per heavy atom. The number of hydrogen-bond donors (Lipinski definition) is 0. The Balaban J connectivity index is 2.46. The van der Waals surface area contributed by atoms with Crippen LogP contribution in [0.2, 0.25) is 0 Å². The average Bonchev–Trinajstić information content (AvgIpc) is 2.24. The lowest BCUT2D eigenvalue weighted by atomic mass is 9.86. The predicted molar refractivity (Wildman–Crippen MR) is 76.5 cm³/mol. The van der Waals surface area contributed by atoms with Crippen molar-refractivity contribution in [2.75, 3.05) is 5.33 Å². The van der Waals surface area contributed by atoms with Crippen LogP contribution in [0.3, 0.4) is 0 Å². The summed E-state index contributed by atoms with van der Waals surface area (Å²) in [7, 11) is 0. The Morgan fingerprint density at radius 3 is 2.06 bits per heavy atom. The lowest BCUT2D eigenvalue weighted by Crippen LogP contribution is -2.10. The van der Waals surface area contributed by atoms with E-state index < -0.39 is 0 Å². The van der Waals surface area contributed by atoms with Gasteiger partial charge in [0.05, 0.1) is 0 Å². The molecule has 0 nitrogen and oxygen atoms in total.